The Labute approximate surface area is 185 Å². The SMILES string of the molecule is O=C(c1nc(-c2cnccn2)no1)N1CCN(C(c2ccccc2)c2ccccc2)CC1. The van der Waals surface area contributed by atoms with Gasteiger partial charge in [0, 0.05) is 38.6 Å². The van der Waals surface area contributed by atoms with Crippen molar-refractivity contribution in [2.24, 2.45) is 0 Å². The fourth-order valence-electron chi connectivity index (χ4n) is 4.03. The van der Waals surface area contributed by atoms with Crippen molar-refractivity contribution in [3.8, 4) is 11.5 Å². The van der Waals surface area contributed by atoms with E-state index in [0.29, 0.717) is 18.8 Å². The lowest BCUT2D eigenvalue weighted by atomic mass is 9.96. The van der Waals surface area contributed by atoms with Crippen molar-refractivity contribution < 1.29 is 9.32 Å². The van der Waals surface area contributed by atoms with Crippen LogP contribution in [0.25, 0.3) is 11.5 Å². The molecule has 0 saturated carbocycles. The minimum Gasteiger partial charge on any atom is -0.332 e. The molecule has 1 aliphatic heterocycles. The molecule has 0 atom stereocenters. The van der Waals surface area contributed by atoms with Crippen LogP contribution >= 0.6 is 0 Å². The first-order valence-electron chi connectivity index (χ1n) is 10.5. The molecule has 0 aliphatic carbocycles. The minimum atomic E-state index is -0.261. The highest BCUT2D eigenvalue weighted by Crippen LogP contribution is 2.29. The summed E-state index contributed by atoms with van der Waals surface area (Å²) in [6.07, 6.45) is 4.64. The van der Waals surface area contributed by atoms with E-state index >= 15 is 0 Å². The number of carbonyl (C=O) groups excluding carboxylic acids is 1. The molecule has 5 rings (SSSR count). The summed E-state index contributed by atoms with van der Waals surface area (Å²) in [6.45, 7) is 2.65. The van der Waals surface area contributed by atoms with Gasteiger partial charge in [-0.2, -0.15) is 4.98 Å². The third-order valence-electron chi connectivity index (χ3n) is 5.60. The normalized spacial score (nSPS) is 14.6. The summed E-state index contributed by atoms with van der Waals surface area (Å²) in [5, 5.41) is 3.88. The van der Waals surface area contributed by atoms with Gasteiger partial charge in [0.25, 0.3) is 0 Å². The van der Waals surface area contributed by atoms with E-state index in [4.69, 9.17) is 4.52 Å². The summed E-state index contributed by atoms with van der Waals surface area (Å²) >= 11 is 0. The fourth-order valence-corrected chi connectivity index (χ4v) is 4.03. The van der Waals surface area contributed by atoms with Crippen LogP contribution in [-0.2, 0) is 0 Å². The maximum Gasteiger partial charge on any atom is 0.316 e. The Kier molecular flexibility index (Phi) is 5.67. The van der Waals surface area contributed by atoms with Crippen molar-refractivity contribution in [3.05, 3.63) is 96.3 Å². The zero-order valence-electron chi connectivity index (χ0n) is 17.4. The predicted molar refractivity (Wildman–Crippen MR) is 118 cm³/mol. The highest BCUT2D eigenvalue weighted by molar-refractivity contribution is 5.90. The molecule has 8 heteroatoms. The van der Waals surface area contributed by atoms with Crippen molar-refractivity contribution in [3.63, 3.8) is 0 Å². The number of hydrogen-bond donors (Lipinski definition) is 0. The smallest absolute Gasteiger partial charge is 0.316 e. The average Bonchev–Trinajstić information content (AvgIpc) is 3.37. The van der Waals surface area contributed by atoms with Gasteiger partial charge in [-0.1, -0.05) is 65.8 Å². The van der Waals surface area contributed by atoms with Crippen LogP contribution in [0.5, 0.6) is 0 Å². The van der Waals surface area contributed by atoms with Crippen LogP contribution in [0.4, 0.5) is 0 Å². The number of aromatic nitrogens is 4. The van der Waals surface area contributed by atoms with E-state index in [9.17, 15) is 4.79 Å². The molecule has 1 fully saturated rings. The first kappa shape index (κ1) is 20.0. The van der Waals surface area contributed by atoms with E-state index < -0.39 is 0 Å². The van der Waals surface area contributed by atoms with Gasteiger partial charge in [0.2, 0.25) is 5.82 Å². The van der Waals surface area contributed by atoms with E-state index in [2.05, 4.69) is 73.5 Å². The molecular formula is C24H22N6O2. The van der Waals surface area contributed by atoms with E-state index in [0.717, 1.165) is 13.1 Å². The Morgan fingerprint density at radius 3 is 2.12 bits per heavy atom. The molecular weight excluding hydrogens is 404 g/mol. The molecule has 0 spiro atoms. The molecule has 8 nitrogen and oxygen atoms in total. The highest BCUT2D eigenvalue weighted by atomic mass is 16.5. The van der Waals surface area contributed by atoms with Crippen molar-refractivity contribution in [1.29, 1.82) is 0 Å². The molecule has 4 aromatic rings. The first-order chi connectivity index (χ1) is 15.8. The Balaban J connectivity index is 1.30. The third kappa shape index (κ3) is 4.13. The lowest BCUT2D eigenvalue weighted by Crippen LogP contribution is -2.50. The molecule has 0 N–H and O–H groups in total. The van der Waals surface area contributed by atoms with Crippen LogP contribution in [0, 0.1) is 0 Å². The van der Waals surface area contributed by atoms with Gasteiger partial charge in [0.1, 0.15) is 5.69 Å². The number of benzene rings is 2. The molecule has 1 amide bonds. The van der Waals surface area contributed by atoms with Crippen LogP contribution in [0.2, 0.25) is 0 Å². The zero-order chi connectivity index (χ0) is 21.8. The summed E-state index contributed by atoms with van der Waals surface area (Å²) in [5.74, 6) is -0.0293. The van der Waals surface area contributed by atoms with Gasteiger partial charge in [-0.3, -0.25) is 14.7 Å². The molecule has 1 aliphatic rings. The summed E-state index contributed by atoms with van der Waals surface area (Å²) < 4.78 is 5.21. The standard InChI is InChI=1S/C24H22N6O2/c31-24(23-27-22(28-32-23)20-17-25-11-12-26-20)30-15-13-29(14-16-30)21(18-7-3-1-4-8-18)19-9-5-2-6-10-19/h1-12,17,21H,13-16H2. The van der Waals surface area contributed by atoms with Crippen molar-refractivity contribution >= 4 is 5.91 Å². The molecule has 3 heterocycles. The highest BCUT2D eigenvalue weighted by Gasteiger charge is 2.30. The number of nitrogens with zero attached hydrogens (tertiary/aromatic N) is 6. The van der Waals surface area contributed by atoms with Crippen molar-refractivity contribution in [2.45, 2.75) is 6.04 Å². The average molecular weight is 426 g/mol. The van der Waals surface area contributed by atoms with Gasteiger partial charge in [-0.05, 0) is 11.1 Å². The number of hydrogen-bond acceptors (Lipinski definition) is 7. The summed E-state index contributed by atoms with van der Waals surface area (Å²) in [7, 11) is 0. The Morgan fingerprint density at radius 2 is 1.53 bits per heavy atom. The van der Waals surface area contributed by atoms with E-state index in [1.807, 2.05) is 12.1 Å². The van der Waals surface area contributed by atoms with Crippen LogP contribution in [0.1, 0.15) is 27.9 Å². The van der Waals surface area contributed by atoms with Gasteiger partial charge in [-0.25, -0.2) is 4.98 Å². The second-order valence-electron chi connectivity index (χ2n) is 7.57. The third-order valence-corrected chi connectivity index (χ3v) is 5.60. The maximum atomic E-state index is 12.9. The first-order valence-corrected chi connectivity index (χ1v) is 10.5. The van der Waals surface area contributed by atoms with Crippen LogP contribution in [0.3, 0.4) is 0 Å². The fraction of sp³-hybridized carbons (Fsp3) is 0.208. The number of carbonyl (C=O) groups is 1. The number of rotatable bonds is 5. The summed E-state index contributed by atoms with van der Waals surface area (Å²) in [5.41, 5.74) is 2.95. The quantitative estimate of drug-likeness (QED) is 0.485. The van der Waals surface area contributed by atoms with Gasteiger partial charge in [-0.15, -0.1) is 0 Å². The van der Waals surface area contributed by atoms with Gasteiger partial charge in [0.15, 0.2) is 0 Å². The Bertz CT molecular complexity index is 1120. The molecule has 2 aromatic carbocycles. The van der Waals surface area contributed by atoms with Crippen LogP contribution < -0.4 is 0 Å². The number of piperazine rings is 1. The Morgan fingerprint density at radius 1 is 0.875 bits per heavy atom. The molecule has 160 valence electrons. The van der Waals surface area contributed by atoms with E-state index in [1.54, 1.807) is 17.3 Å². The molecule has 0 unspecified atom stereocenters. The minimum absolute atomic E-state index is 0.0261. The van der Waals surface area contributed by atoms with Crippen LogP contribution in [0.15, 0.2) is 83.8 Å². The topological polar surface area (TPSA) is 88.2 Å². The molecule has 2 aromatic heterocycles. The van der Waals surface area contributed by atoms with Crippen molar-refractivity contribution in [2.75, 3.05) is 26.2 Å². The largest absolute Gasteiger partial charge is 0.332 e. The molecule has 0 bridgehead atoms. The van der Waals surface area contributed by atoms with E-state index in [-0.39, 0.29) is 23.7 Å². The zero-order valence-corrected chi connectivity index (χ0v) is 17.4. The van der Waals surface area contributed by atoms with Gasteiger partial charge < -0.3 is 9.42 Å². The second kappa shape index (κ2) is 9.07. The maximum absolute atomic E-state index is 12.9. The number of amides is 1. The van der Waals surface area contributed by atoms with E-state index in [1.165, 1.54) is 17.3 Å². The molecule has 32 heavy (non-hydrogen) atoms. The van der Waals surface area contributed by atoms with Gasteiger partial charge in [0.05, 0.1) is 12.2 Å². The van der Waals surface area contributed by atoms with Gasteiger partial charge >= 0.3 is 11.8 Å². The Hall–Kier alpha value is -3.91. The van der Waals surface area contributed by atoms with Crippen LogP contribution in [-0.4, -0.2) is 62.0 Å². The summed E-state index contributed by atoms with van der Waals surface area (Å²) in [6, 6.07) is 21.1. The predicted octanol–water partition coefficient (Wildman–Crippen LogP) is 3.07. The summed E-state index contributed by atoms with van der Waals surface area (Å²) in [4.78, 5) is 29.5. The lowest BCUT2D eigenvalue weighted by molar-refractivity contribution is 0.0551. The molecule has 1 saturated heterocycles. The second-order valence-corrected chi connectivity index (χ2v) is 7.57. The lowest BCUT2D eigenvalue weighted by Gasteiger charge is -2.39. The molecule has 0 radical (unpaired) electrons. The monoisotopic (exact) mass is 426 g/mol. The van der Waals surface area contributed by atoms with Crippen molar-refractivity contribution in [1.82, 2.24) is 29.9 Å².